The molecule has 1 saturated heterocycles. The molecule has 1 aliphatic rings. The maximum absolute atomic E-state index is 9.34. The predicted octanol–water partition coefficient (Wildman–Crippen LogP) is 3.77. The van der Waals surface area contributed by atoms with E-state index in [1.54, 1.807) is 6.20 Å². The van der Waals surface area contributed by atoms with E-state index >= 15 is 0 Å². The van der Waals surface area contributed by atoms with E-state index in [4.69, 9.17) is 16.3 Å². The number of ether oxygens (including phenoxy) is 1. The Morgan fingerprint density at radius 1 is 1.29 bits per heavy atom. The monoisotopic (exact) mass is 394 g/mol. The first kappa shape index (κ1) is 18.4. The minimum Gasteiger partial charge on any atom is -0.471 e. The molecule has 0 bridgehead atoms. The van der Waals surface area contributed by atoms with E-state index < -0.39 is 0 Å². The van der Waals surface area contributed by atoms with Crippen LogP contribution in [-0.2, 0) is 0 Å². The van der Waals surface area contributed by atoms with Crippen molar-refractivity contribution in [1.82, 2.24) is 19.9 Å². The highest BCUT2D eigenvalue weighted by Crippen LogP contribution is 2.26. The number of pyridine rings is 1. The van der Waals surface area contributed by atoms with Gasteiger partial charge in [-0.2, -0.15) is 10.2 Å². The van der Waals surface area contributed by atoms with Crippen molar-refractivity contribution >= 4 is 34.0 Å². The number of fused-ring (bicyclic) bond motifs is 1. The molecule has 8 heteroatoms. The van der Waals surface area contributed by atoms with Crippen LogP contribution in [0, 0.1) is 11.3 Å². The SMILES string of the molecule is CN1CCCC(Oc2nc(Nc3cc4cccc(Cl)c4cn3)cnc2C#N)C1. The number of likely N-dealkylation sites (N-methyl/N-ethyl adjacent to an activating group) is 1. The molecule has 1 aromatic carbocycles. The van der Waals surface area contributed by atoms with Gasteiger partial charge in [0.05, 0.1) is 6.20 Å². The Kier molecular flexibility index (Phi) is 5.24. The minimum atomic E-state index is -0.00339. The fourth-order valence-corrected chi connectivity index (χ4v) is 3.53. The number of nitrogens with zero attached hydrogens (tertiary/aromatic N) is 5. The van der Waals surface area contributed by atoms with Gasteiger partial charge in [-0.3, -0.25) is 0 Å². The Hall–Kier alpha value is -2.95. The molecule has 0 amide bonds. The Morgan fingerprint density at radius 3 is 3.00 bits per heavy atom. The van der Waals surface area contributed by atoms with E-state index in [1.165, 1.54) is 6.20 Å². The van der Waals surface area contributed by atoms with Gasteiger partial charge in [0.25, 0.3) is 5.88 Å². The molecule has 1 fully saturated rings. The van der Waals surface area contributed by atoms with E-state index in [0.29, 0.717) is 16.7 Å². The molecule has 0 saturated carbocycles. The average Bonchev–Trinajstić information content (AvgIpc) is 2.68. The predicted molar refractivity (Wildman–Crippen MR) is 108 cm³/mol. The lowest BCUT2D eigenvalue weighted by Gasteiger charge is -2.29. The average molecular weight is 395 g/mol. The number of aromatic nitrogens is 3. The molecule has 4 rings (SSSR count). The second-order valence-electron chi connectivity index (χ2n) is 6.82. The summed E-state index contributed by atoms with van der Waals surface area (Å²) in [7, 11) is 2.06. The highest BCUT2D eigenvalue weighted by Gasteiger charge is 2.21. The lowest BCUT2D eigenvalue weighted by atomic mass is 10.1. The first-order valence-corrected chi connectivity index (χ1v) is 9.44. The fraction of sp³-hybridized carbons (Fsp3) is 0.300. The van der Waals surface area contributed by atoms with Gasteiger partial charge in [0, 0.05) is 23.2 Å². The van der Waals surface area contributed by atoms with Crippen LogP contribution in [0.3, 0.4) is 0 Å². The number of nitrogens with one attached hydrogen (secondary N) is 1. The normalized spacial score (nSPS) is 17.2. The van der Waals surface area contributed by atoms with Crippen LogP contribution in [0.15, 0.2) is 36.7 Å². The lowest BCUT2D eigenvalue weighted by Crippen LogP contribution is -2.38. The zero-order valence-electron chi connectivity index (χ0n) is 15.4. The molecule has 7 nitrogen and oxygen atoms in total. The highest BCUT2D eigenvalue weighted by atomic mass is 35.5. The zero-order valence-corrected chi connectivity index (χ0v) is 16.1. The molecular weight excluding hydrogens is 376 g/mol. The van der Waals surface area contributed by atoms with Crippen LogP contribution in [0.1, 0.15) is 18.5 Å². The van der Waals surface area contributed by atoms with Gasteiger partial charge in [0.1, 0.15) is 18.0 Å². The van der Waals surface area contributed by atoms with Crippen molar-refractivity contribution < 1.29 is 4.74 Å². The minimum absolute atomic E-state index is 0.00339. The van der Waals surface area contributed by atoms with E-state index in [1.807, 2.05) is 30.3 Å². The molecule has 1 atom stereocenters. The summed E-state index contributed by atoms with van der Waals surface area (Å²) >= 11 is 6.19. The van der Waals surface area contributed by atoms with E-state index in [0.717, 1.165) is 36.7 Å². The molecule has 142 valence electrons. The summed E-state index contributed by atoms with van der Waals surface area (Å²) in [5.74, 6) is 1.32. The number of rotatable bonds is 4. The molecule has 3 aromatic rings. The van der Waals surface area contributed by atoms with E-state index in [9.17, 15) is 5.26 Å². The molecule has 1 aliphatic heterocycles. The number of nitriles is 1. The molecule has 3 heterocycles. The van der Waals surface area contributed by atoms with Crippen molar-refractivity contribution in [2.45, 2.75) is 18.9 Å². The smallest absolute Gasteiger partial charge is 0.253 e. The largest absolute Gasteiger partial charge is 0.471 e. The van der Waals surface area contributed by atoms with Crippen LogP contribution in [0.2, 0.25) is 5.02 Å². The number of hydrogen-bond acceptors (Lipinski definition) is 7. The van der Waals surface area contributed by atoms with Gasteiger partial charge < -0.3 is 15.0 Å². The van der Waals surface area contributed by atoms with Gasteiger partial charge in [-0.25, -0.2) is 9.97 Å². The number of piperidine rings is 1. The molecule has 1 N–H and O–H groups in total. The maximum Gasteiger partial charge on any atom is 0.253 e. The Balaban J connectivity index is 1.57. The number of anilines is 2. The van der Waals surface area contributed by atoms with Crippen LogP contribution >= 0.6 is 11.6 Å². The van der Waals surface area contributed by atoms with Gasteiger partial charge >= 0.3 is 0 Å². The molecule has 0 spiro atoms. The van der Waals surface area contributed by atoms with Gasteiger partial charge in [-0.1, -0.05) is 23.7 Å². The second-order valence-corrected chi connectivity index (χ2v) is 7.23. The molecule has 1 unspecified atom stereocenters. The third kappa shape index (κ3) is 3.98. The van der Waals surface area contributed by atoms with Crippen LogP contribution in [0.4, 0.5) is 11.6 Å². The molecule has 0 radical (unpaired) electrons. The highest BCUT2D eigenvalue weighted by molar-refractivity contribution is 6.35. The van der Waals surface area contributed by atoms with Crippen molar-refractivity contribution in [3.05, 3.63) is 47.4 Å². The summed E-state index contributed by atoms with van der Waals surface area (Å²) in [4.78, 5) is 15.2. The quantitative estimate of drug-likeness (QED) is 0.720. The first-order valence-electron chi connectivity index (χ1n) is 9.06. The van der Waals surface area contributed by atoms with Crippen LogP contribution < -0.4 is 10.1 Å². The summed E-state index contributed by atoms with van der Waals surface area (Å²) in [5, 5.41) is 15.0. The Labute approximate surface area is 167 Å². The molecule has 28 heavy (non-hydrogen) atoms. The van der Waals surface area contributed by atoms with Gasteiger partial charge in [0.15, 0.2) is 5.82 Å². The van der Waals surface area contributed by atoms with Crippen molar-refractivity contribution in [2.75, 3.05) is 25.5 Å². The summed E-state index contributed by atoms with van der Waals surface area (Å²) in [6.45, 7) is 1.85. The summed E-state index contributed by atoms with van der Waals surface area (Å²) in [6, 6.07) is 9.62. The molecule has 2 aromatic heterocycles. The van der Waals surface area contributed by atoms with Gasteiger partial charge in [0.2, 0.25) is 5.69 Å². The number of hydrogen-bond donors (Lipinski definition) is 1. The lowest BCUT2D eigenvalue weighted by molar-refractivity contribution is 0.0994. The third-order valence-electron chi connectivity index (χ3n) is 4.67. The standard InChI is InChI=1S/C20H19ClN6O/c1-27-7-3-5-14(12-27)28-20-17(9-22)23-11-19(26-20)25-18-8-13-4-2-6-16(21)15(13)10-24-18/h2,4,6,8,10-11,14H,3,5,7,12H2,1H3,(H,24,25,26). The summed E-state index contributed by atoms with van der Waals surface area (Å²) < 4.78 is 6.00. The number of benzene rings is 1. The number of likely N-dealkylation sites (tertiary alicyclic amines) is 1. The van der Waals surface area contributed by atoms with Crippen LogP contribution in [-0.4, -0.2) is 46.1 Å². The van der Waals surface area contributed by atoms with Crippen LogP contribution in [0.25, 0.3) is 10.8 Å². The summed E-state index contributed by atoms with van der Waals surface area (Å²) in [5.41, 5.74) is 0.178. The fourth-order valence-electron chi connectivity index (χ4n) is 3.30. The van der Waals surface area contributed by atoms with Crippen molar-refractivity contribution in [2.24, 2.45) is 0 Å². The Bertz CT molecular complexity index is 1050. The molecule has 0 aliphatic carbocycles. The van der Waals surface area contributed by atoms with Crippen LogP contribution in [0.5, 0.6) is 5.88 Å². The molecular formula is C20H19ClN6O. The number of halogens is 1. The van der Waals surface area contributed by atoms with Crippen molar-refractivity contribution in [1.29, 1.82) is 5.26 Å². The second kappa shape index (κ2) is 7.97. The van der Waals surface area contributed by atoms with E-state index in [-0.39, 0.29) is 17.7 Å². The Morgan fingerprint density at radius 2 is 2.18 bits per heavy atom. The van der Waals surface area contributed by atoms with Gasteiger partial charge in [-0.05, 0) is 44.0 Å². The van der Waals surface area contributed by atoms with E-state index in [2.05, 4.69) is 32.2 Å². The van der Waals surface area contributed by atoms with Gasteiger partial charge in [-0.15, -0.1) is 0 Å². The third-order valence-corrected chi connectivity index (χ3v) is 5.00. The van der Waals surface area contributed by atoms with Crippen molar-refractivity contribution in [3.63, 3.8) is 0 Å². The maximum atomic E-state index is 9.34. The zero-order chi connectivity index (χ0) is 19.5. The van der Waals surface area contributed by atoms with Crippen molar-refractivity contribution in [3.8, 4) is 11.9 Å². The first-order chi connectivity index (χ1) is 13.6. The summed E-state index contributed by atoms with van der Waals surface area (Å²) in [6.07, 6.45) is 5.20. The topological polar surface area (TPSA) is 87.0 Å².